The summed E-state index contributed by atoms with van der Waals surface area (Å²) in [4.78, 5) is 26.6. The molecule has 4 nitrogen and oxygen atoms in total. The molecule has 0 spiro atoms. The zero-order valence-corrected chi connectivity index (χ0v) is 16.1. The summed E-state index contributed by atoms with van der Waals surface area (Å²) in [6.07, 6.45) is 6.09. The van der Waals surface area contributed by atoms with Crippen LogP contribution >= 0.6 is 11.3 Å². The smallest absolute Gasteiger partial charge is 0.258 e. The molecule has 2 N–H and O–H groups in total. The zero-order valence-electron chi connectivity index (χ0n) is 15.3. The molecule has 0 aliphatic heterocycles. The van der Waals surface area contributed by atoms with Gasteiger partial charge in [0.25, 0.3) is 5.91 Å². The summed E-state index contributed by atoms with van der Waals surface area (Å²) in [6, 6.07) is 6.04. The Balaban J connectivity index is 1.65. The molecular weight excluding hydrogens is 344 g/mol. The molecule has 1 aromatic carbocycles. The van der Waals surface area contributed by atoms with Crippen LogP contribution in [0.4, 0.5) is 10.7 Å². The predicted octanol–water partition coefficient (Wildman–Crippen LogP) is 4.84. The lowest BCUT2D eigenvalue weighted by Crippen LogP contribution is -2.19. The van der Waals surface area contributed by atoms with E-state index in [-0.39, 0.29) is 17.7 Å². The van der Waals surface area contributed by atoms with E-state index in [1.165, 1.54) is 4.88 Å². The number of benzene rings is 1. The first-order chi connectivity index (χ1) is 12.5. The molecule has 2 amide bonds. The molecule has 1 fully saturated rings. The monoisotopic (exact) mass is 368 g/mol. The van der Waals surface area contributed by atoms with Gasteiger partial charge in [0.05, 0.1) is 5.56 Å². The van der Waals surface area contributed by atoms with Gasteiger partial charge in [-0.25, -0.2) is 0 Å². The van der Waals surface area contributed by atoms with Gasteiger partial charge in [-0.05, 0) is 81.2 Å². The first-order valence-electron chi connectivity index (χ1n) is 9.36. The van der Waals surface area contributed by atoms with Crippen LogP contribution in [-0.2, 0) is 17.6 Å². The summed E-state index contributed by atoms with van der Waals surface area (Å²) in [5, 5.41) is 6.82. The van der Waals surface area contributed by atoms with Gasteiger partial charge in [0, 0.05) is 16.5 Å². The van der Waals surface area contributed by atoms with E-state index in [1.54, 1.807) is 11.3 Å². The lowest BCUT2D eigenvalue weighted by atomic mass is 9.95. The van der Waals surface area contributed by atoms with Crippen LogP contribution in [-0.4, -0.2) is 11.8 Å². The quantitative estimate of drug-likeness (QED) is 0.811. The van der Waals surface area contributed by atoms with Gasteiger partial charge in [0.15, 0.2) is 0 Å². The molecule has 0 radical (unpaired) electrons. The Hall–Kier alpha value is -2.14. The first kappa shape index (κ1) is 17.3. The summed E-state index contributed by atoms with van der Waals surface area (Å²) >= 11 is 1.59. The molecule has 0 bridgehead atoms. The molecule has 0 saturated heterocycles. The van der Waals surface area contributed by atoms with E-state index in [0.717, 1.165) is 65.9 Å². The molecule has 26 heavy (non-hydrogen) atoms. The molecule has 2 aliphatic carbocycles. The highest BCUT2D eigenvalue weighted by Gasteiger charge is 2.32. The highest BCUT2D eigenvalue weighted by atomic mass is 32.1. The number of thiophene rings is 1. The Morgan fingerprint density at radius 3 is 2.38 bits per heavy atom. The van der Waals surface area contributed by atoms with Gasteiger partial charge in [-0.15, -0.1) is 11.3 Å². The van der Waals surface area contributed by atoms with Crippen molar-refractivity contribution in [1.82, 2.24) is 0 Å². The Kier molecular flexibility index (Phi) is 4.57. The lowest BCUT2D eigenvalue weighted by molar-refractivity contribution is -0.117. The normalized spacial score (nSPS) is 16.1. The molecule has 5 heteroatoms. The molecule has 2 aromatic rings. The number of carbonyl (C=O) groups is 2. The Bertz CT molecular complexity index is 860. The van der Waals surface area contributed by atoms with Crippen molar-refractivity contribution >= 4 is 33.8 Å². The zero-order chi connectivity index (χ0) is 18.3. The summed E-state index contributed by atoms with van der Waals surface area (Å²) < 4.78 is 0. The van der Waals surface area contributed by atoms with E-state index in [1.807, 2.05) is 26.0 Å². The Morgan fingerprint density at radius 1 is 1.00 bits per heavy atom. The maximum absolute atomic E-state index is 13.1. The number of nitrogens with one attached hydrogen (secondary N) is 2. The van der Waals surface area contributed by atoms with Crippen LogP contribution < -0.4 is 10.6 Å². The topological polar surface area (TPSA) is 58.2 Å². The van der Waals surface area contributed by atoms with Crippen LogP contribution in [0.3, 0.4) is 0 Å². The van der Waals surface area contributed by atoms with Crippen molar-refractivity contribution in [3.8, 4) is 0 Å². The third kappa shape index (κ3) is 3.54. The minimum Gasteiger partial charge on any atom is -0.322 e. The summed E-state index contributed by atoms with van der Waals surface area (Å²) in [5.41, 5.74) is 4.86. The fourth-order valence-electron chi connectivity index (χ4n) is 3.69. The van der Waals surface area contributed by atoms with Crippen molar-refractivity contribution in [3.63, 3.8) is 0 Å². The van der Waals surface area contributed by atoms with Gasteiger partial charge in [-0.1, -0.05) is 6.07 Å². The minimum atomic E-state index is -0.111. The summed E-state index contributed by atoms with van der Waals surface area (Å²) in [6.45, 7) is 4.05. The highest BCUT2D eigenvalue weighted by Crippen LogP contribution is 2.40. The van der Waals surface area contributed by atoms with Crippen LogP contribution in [0.2, 0.25) is 0 Å². The second-order valence-corrected chi connectivity index (χ2v) is 8.61. The maximum atomic E-state index is 13.1. The van der Waals surface area contributed by atoms with Crippen molar-refractivity contribution in [2.24, 2.45) is 5.92 Å². The second-order valence-electron chi connectivity index (χ2n) is 7.51. The van der Waals surface area contributed by atoms with Gasteiger partial charge >= 0.3 is 0 Å². The standard InChI is InChI=1S/C21H24N2O2S/c1-12-9-13(2)11-15(10-12)22-20(25)18-16-5-3-4-6-17(16)26-21(18)23-19(24)14-7-8-14/h9-11,14H,3-8H2,1-2H3,(H,22,25)(H,23,24). The highest BCUT2D eigenvalue weighted by molar-refractivity contribution is 7.17. The van der Waals surface area contributed by atoms with Gasteiger partial charge in [-0.3, -0.25) is 9.59 Å². The van der Waals surface area contributed by atoms with Crippen molar-refractivity contribution in [2.75, 3.05) is 10.6 Å². The third-order valence-electron chi connectivity index (χ3n) is 5.06. The number of anilines is 2. The van der Waals surface area contributed by atoms with Gasteiger partial charge in [-0.2, -0.15) is 0 Å². The average molecular weight is 369 g/mol. The SMILES string of the molecule is Cc1cc(C)cc(NC(=O)c2c(NC(=O)C3CC3)sc3c2CCCC3)c1. The number of rotatable bonds is 4. The van der Waals surface area contributed by atoms with Gasteiger partial charge in [0.1, 0.15) is 5.00 Å². The molecule has 1 aromatic heterocycles. The van der Waals surface area contributed by atoms with Gasteiger partial charge in [0.2, 0.25) is 5.91 Å². The molecule has 136 valence electrons. The van der Waals surface area contributed by atoms with E-state index < -0.39 is 0 Å². The Morgan fingerprint density at radius 2 is 1.69 bits per heavy atom. The van der Waals surface area contributed by atoms with Crippen LogP contribution in [0, 0.1) is 19.8 Å². The van der Waals surface area contributed by atoms with E-state index >= 15 is 0 Å². The molecule has 1 heterocycles. The van der Waals surface area contributed by atoms with Crippen LogP contribution in [0.25, 0.3) is 0 Å². The molecule has 2 aliphatic rings. The fourth-order valence-corrected chi connectivity index (χ4v) is 4.98. The largest absolute Gasteiger partial charge is 0.322 e. The third-order valence-corrected chi connectivity index (χ3v) is 6.27. The number of hydrogen-bond acceptors (Lipinski definition) is 3. The predicted molar refractivity (Wildman–Crippen MR) is 106 cm³/mol. The number of fused-ring (bicyclic) bond motifs is 1. The van der Waals surface area contributed by atoms with Crippen molar-refractivity contribution < 1.29 is 9.59 Å². The number of carbonyl (C=O) groups excluding carboxylic acids is 2. The second kappa shape index (κ2) is 6.88. The molecular formula is C21H24N2O2S. The van der Waals surface area contributed by atoms with Gasteiger partial charge < -0.3 is 10.6 Å². The summed E-state index contributed by atoms with van der Waals surface area (Å²) in [7, 11) is 0. The number of amides is 2. The molecule has 1 saturated carbocycles. The van der Waals surface area contributed by atoms with E-state index in [4.69, 9.17) is 0 Å². The maximum Gasteiger partial charge on any atom is 0.258 e. The van der Waals surface area contributed by atoms with Crippen LogP contribution in [0.1, 0.15) is 57.6 Å². The number of hydrogen-bond donors (Lipinski definition) is 2. The van der Waals surface area contributed by atoms with E-state index in [0.29, 0.717) is 5.56 Å². The summed E-state index contributed by atoms with van der Waals surface area (Å²) in [5.74, 6) is 0.0778. The Labute approximate surface area is 158 Å². The molecule has 4 rings (SSSR count). The van der Waals surface area contributed by atoms with Crippen LogP contribution in [0.15, 0.2) is 18.2 Å². The lowest BCUT2D eigenvalue weighted by Gasteiger charge is -2.14. The number of aryl methyl sites for hydroxylation is 3. The van der Waals surface area contributed by atoms with Crippen molar-refractivity contribution in [1.29, 1.82) is 0 Å². The average Bonchev–Trinajstić information content (AvgIpc) is 3.35. The van der Waals surface area contributed by atoms with E-state index in [2.05, 4.69) is 16.7 Å². The van der Waals surface area contributed by atoms with Crippen molar-refractivity contribution in [2.45, 2.75) is 52.4 Å². The van der Waals surface area contributed by atoms with E-state index in [9.17, 15) is 9.59 Å². The fraction of sp³-hybridized carbons (Fsp3) is 0.429. The first-order valence-corrected chi connectivity index (χ1v) is 10.2. The van der Waals surface area contributed by atoms with Crippen molar-refractivity contribution in [3.05, 3.63) is 45.3 Å². The molecule has 0 unspecified atom stereocenters. The molecule has 0 atom stereocenters. The van der Waals surface area contributed by atoms with Crippen LogP contribution in [0.5, 0.6) is 0 Å². The minimum absolute atomic E-state index is 0.0593.